The number of benzene rings is 2. The van der Waals surface area contributed by atoms with Crippen LogP contribution in [0.1, 0.15) is 55.7 Å². The predicted molar refractivity (Wildman–Crippen MR) is 126 cm³/mol. The van der Waals surface area contributed by atoms with E-state index in [0.717, 1.165) is 47.9 Å². The topological polar surface area (TPSA) is 71.8 Å². The molecule has 0 spiro atoms. The minimum Gasteiger partial charge on any atom is -0.325 e. The number of aryl methyl sites for hydroxylation is 3. The number of amides is 1. The maximum atomic E-state index is 13.3. The lowest BCUT2D eigenvalue weighted by atomic mass is 10.0. The molecule has 0 saturated heterocycles. The molecule has 2 atom stereocenters. The van der Waals surface area contributed by atoms with E-state index in [1.807, 2.05) is 16.8 Å². The van der Waals surface area contributed by atoms with E-state index in [1.165, 1.54) is 22.9 Å². The van der Waals surface area contributed by atoms with Gasteiger partial charge in [0.05, 0.1) is 6.04 Å². The molecule has 3 aromatic rings. The summed E-state index contributed by atoms with van der Waals surface area (Å²) in [5.41, 5.74) is 7.94. The molecule has 2 heterocycles. The van der Waals surface area contributed by atoms with Gasteiger partial charge in [-0.2, -0.15) is 0 Å². The normalized spacial score (nSPS) is 17.6. The molecule has 31 heavy (non-hydrogen) atoms. The Hall–Kier alpha value is -2.80. The number of carbonyl (C=O) groups excluding carboxylic acids is 1. The lowest BCUT2D eigenvalue weighted by molar-refractivity contribution is -0.116. The molecule has 2 aromatic carbocycles. The molecule has 1 aliphatic heterocycles. The van der Waals surface area contributed by atoms with Crippen LogP contribution in [-0.2, 0) is 24.1 Å². The number of nitrogens with one attached hydrogen (secondary N) is 2. The summed E-state index contributed by atoms with van der Waals surface area (Å²) in [7, 11) is 0. The molecular weight excluding hydrogens is 406 g/mol. The van der Waals surface area contributed by atoms with Crippen molar-refractivity contribution in [3.8, 4) is 0 Å². The molecule has 0 bridgehead atoms. The Balaban J connectivity index is 1.63. The van der Waals surface area contributed by atoms with E-state index in [2.05, 4.69) is 78.1 Å². The Morgan fingerprint density at radius 1 is 1.00 bits per heavy atom. The molecule has 4 rings (SSSR count). The summed E-state index contributed by atoms with van der Waals surface area (Å²) in [5, 5.41) is 12.1. The van der Waals surface area contributed by atoms with E-state index >= 15 is 0 Å². The minimum absolute atomic E-state index is 0.0439. The Labute approximate surface area is 187 Å². The van der Waals surface area contributed by atoms with Crippen molar-refractivity contribution in [1.82, 2.24) is 14.9 Å². The molecule has 162 valence electrons. The van der Waals surface area contributed by atoms with Crippen LogP contribution in [0.25, 0.3) is 0 Å². The van der Waals surface area contributed by atoms with Crippen molar-refractivity contribution in [2.75, 3.05) is 10.7 Å². The quantitative estimate of drug-likeness (QED) is 0.560. The highest BCUT2D eigenvalue weighted by Crippen LogP contribution is 2.37. The minimum atomic E-state index is -0.371. The summed E-state index contributed by atoms with van der Waals surface area (Å²) in [6.07, 6.45) is 3.78. The van der Waals surface area contributed by atoms with Gasteiger partial charge in [0.25, 0.3) is 0 Å². The van der Waals surface area contributed by atoms with Gasteiger partial charge in [-0.25, -0.2) is 4.68 Å². The van der Waals surface area contributed by atoms with Crippen molar-refractivity contribution >= 4 is 23.4 Å². The van der Waals surface area contributed by atoms with E-state index < -0.39 is 0 Å². The summed E-state index contributed by atoms with van der Waals surface area (Å²) >= 11 is 1.47. The first-order valence-corrected chi connectivity index (χ1v) is 11.9. The molecule has 0 unspecified atom stereocenters. The maximum Gasteiger partial charge on any atom is 0.240 e. The second kappa shape index (κ2) is 9.56. The molecule has 0 aliphatic carbocycles. The van der Waals surface area contributed by atoms with Crippen LogP contribution >= 0.6 is 11.8 Å². The van der Waals surface area contributed by atoms with Crippen LogP contribution in [0.5, 0.6) is 0 Å². The van der Waals surface area contributed by atoms with Crippen molar-refractivity contribution in [2.45, 2.75) is 62.9 Å². The molecule has 1 amide bonds. The van der Waals surface area contributed by atoms with Crippen LogP contribution in [0.3, 0.4) is 0 Å². The number of fused-ring (bicyclic) bond motifs is 1. The third-order valence-electron chi connectivity index (χ3n) is 5.61. The van der Waals surface area contributed by atoms with Crippen molar-refractivity contribution in [1.29, 1.82) is 0 Å². The highest BCUT2D eigenvalue weighted by Gasteiger charge is 2.37. The third kappa shape index (κ3) is 4.61. The highest BCUT2D eigenvalue weighted by molar-refractivity contribution is 8.00. The highest BCUT2D eigenvalue weighted by atomic mass is 32.2. The SMILES string of the molecule is CCCc1nnc2n1N[C@H](c1ccc(CC)cc1)[C@@H](C(=O)Nc1ccc(CC)cc1)S2. The van der Waals surface area contributed by atoms with Gasteiger partial charge in [-0.1, -0.05) is 68.9 Å². The molecule has 2 N–H and O–H groups in total. The number of anilines is 1. The molecular formula is C24H29N5OS. The summed E-state index contributed by atoms with van der Waals surface area (Å²) < 4.78 is 1.95. The van der Waals surface area contributed by atoms with Gasteiger partial charge in [0.1, 0.15) is 5.25 Å². The Morgan fingerprint density at radius 3 is 2.26 bits per heavy atom. The Bertz CT molecular complexity index is 1030. The van der Waals surface area contributed by atoms with Gasteiger partial charge >= 0.3 is 0 Å². The number of hydrogen-bond donors (Lipinski definition) is 2. The summed E-state index contributed by atoms with van der Waals surface area (Å²) in [5.74, 6) is 0.854. The van der Waals surface area contributed by atoms with E-state index in [9.17, 15) is 4.79 Å². The zero-order valence-corrected chi connectivity index (χ0v) is 19.1. The lowest BCUT2D eigenvalue weighted by Crippen LogP contribution is -2.41. The van der Waals surface area contributed by atoms with Gasteiger partial charge in [-0.15, -0.1) is 10.2 Å². The number of thioether (sulfide) groups is 1. The first kappa shape index (κ1) is 21.4. The Kier molecular flexibility index (Phi) is 6.61. The summed E-state index contributed by atoms with van der Waals surface area (Å²) in [4.78, 5) is 13.3. The Morgan fingerprint density at radius 2 is 1.65 bits per heavy atom. The number of aromatic nitrogens is 3. The monoisotopic (exact) mass is 435 g/mol. The van der Waals surface area contributed by atoms with Crippen LogP contribution in [0.15, 0.2) is 53.7 Å². The maximum absolute atomic E-state index is 13.3. The van der Waals surface area contributed by atoms with Gasteiger partial charge < -0.3 is 10.7 Å². The third-order valence-corrected chi connectivity index (χ3v) is 6.83. The molecule has 6 nitrogen and oxygen atoms in total. The van der Waals surface area contributed by atoms with Crippen molar-refractivity contribution in [3.05, 3.63) is 71.0 Å². The average Bonchev–Trinajstić information content (AvgIpc) is 3.21. The van der Waals surface area contributed by atoms with Crippen LogP contribution in [0, 0.1) is 0 Å². The average molecular weight is 436 g/mol. The van der Waals surface area contributed by atoms with Crippen LogP contribution in [0.4, 0.5) is 5.69 Å². The smallest absolute Gasteiger partial charge is 0.240 e. The molecule has 0 fully saturated rings. The number of rotatable bonds is 7. The molecule has 1 aromatic heterocycles. The number of nitrogens with zero attached hydrogens (tertiary/aromatic N) is 3. The fourth-order valence-corrected chi connectivity index (χ4v) is 4.83. The van der Waals surface area contributed by atoms with Crippen molar-refractivity contribution < 1.29 is 4.79 Å². The standard InChI is InChI=1S/C24H29N5OS/c1-4-7-20-26-27-24-29(20)28-21(18-12-8-16(5-2)9-13-18)22(31-24)23(30)25-19-14-10-17(6-3)11-15-19/h8-15,21-22,28H,4-7H2,1-3H3,(H,25,30)/t21-,22+/m1/s1. The first-order chi connectivity index (χ1) is 15.1. The lowest BCUT2D eigenvalue weighted by Gasteiger charge is -2.33. The van der Waals surface area contributed by atoms with Gasteiger partial charge in [0, 0.05) is 12.1 Å². The molecule has 0 radical (unpaired) electrons. The first-order valence-electron chi connectivity index (χ1n) is 11.0. The number of carbonyl (C=O) groups is 1. The zero-order chi connectivity index (χ0) is 21.8. The number of hydrogen-bond acceptors (Lipinski definition) is 5. The predicted octanol–water partition coefficient (Wildman–Crippen LogP) is 4.75. The zero-order valence-electron chi connectivity index (χ0n) is 18.3. The molecule has 1 aliphatic rings. The fourth-order valence-electron chi connectivity index (χ4n) is 3.73. The molecule has 7 heteroatoms. The van der Waals surface area contributed by atoms with Gasteiger partial charge in [0.15, 0.2) is 5.82 Å². The van der Waals surface area contributed by atoms with Crippen molar-refractivity contribution in [2.24, 2.45) is 0 Å². The van der Waals surface area contributed by atoms with Gasteiger partial charge in [-0.3, -0.25) is 4.79 Å². The summed E-state index contributed by atoms with van der Waals surface area (Å²) in [6.45, 7) is 6.39. The largest absolute Gasteiger partial charge is 0.325 e. The second-order valence-corrected chi connectivity index (χ2v) is 8.87. The van der Waals surface area contributed by atoms with E-state index in [-0.39, 0.29) is 17.2 Å². The van der Waals surface area contributed by atoms with Gasteiger partial charge in [-0.05, 0) is 48.1 Å². The molecule has 0 saturated carbocycles. The van der Waals surface area contributed by atoms with Gasteiger partial charge in [0.2, 0.25) is 11.1 Å². The van der Waals surface area contributed by atoms with E-state index in [0.29, 0.717) is 0 Å². The fraction of sp³-hybridized carbons (Fsp3) is 0.375. The van der Waals surface area contributed by atoms with E-state index in [1.54, 1.807) is 0 Å². The van der Waals surface area contributed by atoms with Crippen LogP contribution in [0.2, 0.25) is 0 Å². The second-order valence-electron chi connectivity index (χ2n) is 7.76. The summed E-state index contributed by atoms with van der Waals surface area (Å²) in [6, 6.07) is 16.3. The van der Waals surface area contributed by atoms with Crippen molar-refractivity contribution in [3.63, 3.8) is 0 Å². The van der Waals surface area contributed by atoms with E-state index in [4.69, 9.17) is 0 Å². The van der Waals surface area contributed by atoms with Crippen LogP contribution < -0.4 is 10.7 Å². The van der Waals surface area contributed by atoms with Crippen LogP contribution in [-0.4, -0.2) is 26.0 Å².